The third-order valence-electron chi connectivity index (χ3n) is 5.40. The summed E-state index contributed by atoms with van der Waals surface area (Å²) in [7, 11) is -1.84. The second-order valence-electron chi connectivity index (χ2n) is 7.45. The average molecular weight is 480 g/mol. The molecule has 164 valence electrons. The molecule has 0 unspecified atom stereocenters. The maximum Gasteiger partial charge on any atom is 0.276 e. The van der Waals surface area contributed by atoms with E-state index in [1.807, 2.05) is 6.92 Å². The lowest BCUT2D eigenvalue weighted by atomic mass is 9.99. The Kier molecular flexibility index (Phi) is 6.16. The number of nitrogens with zero attached hydrogens (tertiary/aromatic N) is 4. The van der Waals surface area contributed by atoms with Gasteiger partial charge in [0.25, 0.3) is 5.91 Å². The van der Waals surface area contributed by atoms with Crippen LogP contribution in [0.1, 0.15) is 39.8 Å². The van der Waals surface area contributed by atoms with Crippen molar-refractivity contribution >= 4 is 44.7 Å². The van der Waals surface area contributed by atoms with Crippen LogP contribution in [0.5, 0.6) is 0 Å². The molecule has 0 spiro atoms. The highest BCUT2D eigenvalue weighted by Gasteiger charge is 2.31. The van der Waals surface area contributed by atoms with Crippen LogP contribution in [0.4, 0.5) is 5.82 Å². The van der Waals surface area contributed by atoms with Crippen molar-refractivity contribution in [2.45, 2.75) is 30.6 Å². The highest BCUT2D eigenvalue weighted by atomic mass is 35.5. The fraction of sp³-hybridized carbons (Fsp3) is 0.350. The van der Waals surface area contributed by atoms with Crippen LogP contribution in [0.25, 0.3) is 0 Å². The Balaban J connectivity index is 1.40. The molecule has 0 radical (unpaired) electrons. The van der Waals surface area contributed by atoms with Gasteiger partial charge in [0.1, 0.15) is 11.5 Å². The number of nitrogens with one attached hydrogen (secondary N) is 1. The van der Waals surface area contributed by atoms with Gasteiger partial charge in [-0.05, 0) is 37.5 Å². The zero-order chi connectivity index (χ0) is 22.2. The number of amides is 1. The predicted molar refractivity (Wildman–Crippen MR) is 120 cm³/mol. The molecule has 11 heteroatoms. The summed E-state index contributed by atoms with van der Waals surface area (Å²) in [5.41, 5.74) is 1.19. The number of hydrogen-bond donors (Lipinski definition) is 1. The third-order valence-corrected chi connectivity index (χ3v) is 8.71. The summed E-state index contributed by atoms with van der Waals surface area (Å²) in [5, 5.41) is 9.83. The lowest BCUT2D eigenvalue weighted by molar-refractivity contribution is 0.102. The first-order valence-corrected chi connectivity index (χ1v) is 12.5. The molecular weight excluding hydrogens is 458 g/mol. The van der Waals surface area contributed by atoms with Crippen LogP contribution >= 0.6 is 22.9 Å². The summed E-state index contributed by atoms with van der Waals surface area (Å²) in [5.74, 6) is 0.424. The van der Waals surface area contributed by atoms with E-state index in [0.717, 1.165) is 10.6 Å². The Morgan fingerprint density at radius 3 is 2.65 bits per heavy atom. The van der Waals surface area contributed by atoms with Crippen molar-refractivity contribution in [3.63, 3.8) is 0 Å². The molecule has 0 aliphatic carbocycles. The number of carbonyl (C=O) groups is 1. The molecule has 1 amide bonds. The Labute approximate surface area is 189 Å². The SMILES string of the molecule is Cc1ccc(S(=O)(=O)N2CCC(c3nc(C(=O)Nc4ccnn4C)cs3)CC2)cc1Cl. The lowest BCUT2D eigenvalue weighted by Crippen LogP contribution is -2.37. The van der Waals surface area contributed by atoms with Gasteiger partial charge in [-0.2, -0.15) is 9.40 Å². The third kappa shape index (κ3) is 4.52. The van der Waals surface area contributed by atoms with Crippen LogP contribution in [0.15, 0.2) is 40.7 Å². The van der Waals surface area contributed by atoms with Crippen LogP contribution in [0.3, 0.4) is 0 Å². The molecule has 8 nitrogen and oxygen atoms in total. The molecule has 1 aromatic carbocycles. The van der Waals surface area contributed by atoms with Crippen LogP contribution in [0, 0.1) is 6.92 Å². The highest BCUT2D eigenvalue weighted by molar-refractivity contribution is 7.89. The van der Waals surface area contributed by atoms with Gasteiger partial charge in [-0.3, -0.25) is 9.48 Å². The van der Waals surface area contributed by atoms with E-state index in [2.05, 4.69) is 15.4 Å². The number of carbonyl (C=O) groups excluding carboxylic acids is 1. The molecule has 4 rings (SSSR count). The molecule has 1 saturated heterocycles. The number of aryl methyl sites for hydroxylation is 2. The van der Waals surface area contributed by atoms with Crippen molar-refractivity contribution < 1.29 is 13.2 Å². The fourth-order valence-electron chi connectivity index (χ4n) is 3.48. The minimum absolute atomic E-state index is 0.122. The van der Waals surface area contributed by atoms with Gasteiger partial charge in [0.2, 0.25) is 10.0 Å². The fourth-order valence-corrected chi connectivity index (χ4v) is 6.20. The quantitative estimate of drug-likeness (QED) is 0.602. The van der Waals surface area contributed by atoms with E-state index in [-0.39, 0.29) is 16.7 Å². The molecule has 31 heavy (non-hydrogen) atoms. The van der Waals surface area contributed by atoms with Gasteiger partial charge in [-0.1, -0.05) is 17.7 Å². The monoisotopic (exact) mass is 479 g/mol. The maximum absolute atomic E-state index is 13.0. The van der Waals surface area contributed by atoms with E-state index in [4.69, 9.17) is 11.6 Å². The molecular formula is C20H22ClN5O3S2. The molecule has 3 aromatic rings. The highest BCUT2D eigenvalue weighted by Crippen LogP contribution is 2.33. The number of benzene rings is 1. The van der Waals surface area contributed by atoms with Crippen LogP contribution < -0.4 is 5.32 Å². The number of halogens is 1. The first-order valence-electron chi connectivity index (χ1n) is 9.77. The number of hydrogen-bond acceptors (Lipinski definition) is 6. The summed E-state index contributed by atoms with van der Waals surface area (Å²) >= 11 is 7.55. The number of anilines is 1. The largest absolute Gasteiger partial charge is 0.305 e. The summed E-state index contributed by atoms with van der Waals surface area (Å²) < 4.78 is 29.0. The minimum Gasteiger partial charge on any atom is -0.305 e. The summed E-state index contributed by atoms with van der Waals surface area (Å²) in [6.07, 6.45) is 2.90. The average Bonchev–Trinajstić information content (AvgIpc) is 3.40. The standard InChI is InChI=1S/C20H22ClN5O3S2/c1-13-3-4-15(11-16(13)21)31(28,29)26-9-6-14(7-10-26)20-23-17(12-30-20)19(27)24-18-5-8-22-25(18)2/h3-5,8,11-12,14H,6-7,9-10H2,1-2H3,(H,24,27). The number of rotatable bonds is 5. The summed E-state index contributed by atoms with van der Waals surface area (Å²) in [6.45, 7) is 2.63. The van der Waals surface area contributed by atoms with Crippen LogP contribution in [-0.2, 0) is 17.1 Å². The molecule has 2 aromatic heterocycles. The first-order chi connectivity index (χ1) is 14.8. The molecule has 0 saturated carbocycles. The Morgan fingerprint density at radius 1 is 1.26 bits per heavy atom. The van der Waals surface area contributed by atoms with E-state index in [9.17, 15) is 13.2 Å². The van der Waals surface area contributed by atoms with Crippen LogP contribution in [0.2, 0.25) is 5.02 Å². The van der Waals surface area contributed by atoms with Crippen molar-refractivity contribution in [3.8, 4) is 0 Å². The van der Waals surface area contributed by atoms with Gasteiger partial charge in [0.15, 0.2) is 0 Å². The van der Waals surface area contributed by atoms with Crippen molar-refractivity contribution in [1.29, 1.82) is 0 Å². The van der Waals surface area contributed by atoms with Gasteiger partial charge in [-0.25, -0.2) is 13.4 Å². The zero-order valence-electron chi connectivity index (χ0n) is 17.1. The number of aromatic nitrogens is 3. The van der Waals surface area contributed by atoms with Gasteiger partial charge in [-0.15, -0.1) is 11.3 Å². The second kappa shape index (κ2) is 8.70. The normalized spacial score (nSPS) is 15.8. The predicted octanol–water partition coefficient (Wildman–Crippen LogP) is 3.66. The van der Waals surface area contributed by atoms with Gasteiger partial charge >= 0.3 is 0 Å². The Morgan fingerprint density at radius 2 is 2.00 bits per heavy atom. The van der Waals surface area contributed by atoms with Crippen molar-refractivity contribution in [2.24, 2.45) is 7.05 Å². The maximum atomic E-state index is 13.0. The van der Waals surface area contributed by atoms with Gasteiger partial charge < -0.3 is 5.32 Å². The van der Waals surface area contributed by atoms with Gasteiger partial charge in [0, 0.05) is 42.5 Å². The van der Waals surface area contributed by atoms with E-state index in [1.165, 1.54) is 21.7 Å². The first kappa shape index (κ1) is 21.9. The number of sulfonamides is 1. The minimum atomic E-state index is -3.59. The zero-order valence-corrected chi connectivity index (χ0v) is 19.5. The summed E-state index contributed by atoms with van der Waals surface area (Å²) in [6, 6.07) is 6.53. The smallest absolute Gasteiger partial charge is 0.276 e. The van der Waals surface area contributed by atoms with E-state index in [1.54, 1.807) is 41.5 Å². The topological polar surface area (TPSA) is 97.2 Å². The Hall–Kier alpha value is -2.27. The van der Waals surface area contributed by atoms with Crippen molar-refractivity contribution in [1.82, 2.24) is 19.1 Å². The molecule has 1 aliphatic rings. The molecule has 0 atom stereocenters. The number of piperidine rings is 1. The van der Waals surface area contributed by atoms with Gasteiger partial charge in [0.05, 0.1) is 16.1 Å². The lowest BCUT2D eigenvalue weighted by Gasteiger charge is -2.30. The molecule has 1 fully saturated rings. The van der Waals surface area contributed by atoms with Crippen molar-refractivity contribution in [2.75, 3.05) is 18.4 Å². The van der Waals surface area contributed by atoms with Crippen molar-refractivity contribution in [3.05, 3.63) is 57.1 Å². The second-order valence-corrected chi connectivity index (χ2v) is 10.7. The molecule has 3 heterocycles. The van der Waals surface area contributed by atoms with E-state index < -0.39 is 10.0 Å². The van der Waals surface area contributed by atoms with Crippen LogP contribution in [-0.4, -0.2) is 46.5 Å². The molecule has 1 aliphatic heterocycles. The van der Waals surface area contributed by atoms with E-state index >= 15 is 0 Å². The van der Waals surface area contributed by atoms with E-state index in [0.29, 0.717) is 42.5 Å². The Bertz CT molecular complexity index is 1210. The number of thiazole rings is 1. The molecule has 1 N–H and O–H groups in total. The molecule has 0 bridgehead atoms. The summed E-state index contributed by atoms with van der Waals surface area (Å²) in [4.78, 5) is 17.2.